The molecule has 4 aromatic rings. The van der Waals surface area contributed by atoms with E-state index in [2.05, 4.69) is 37.4 Å². The number of fused-ring (bicyclic) bond motifs is 3. The summed E-state index contributed by atoms with van der Waals surface area (Å²) in [6.07, 6.45) is 3.78. The quantitative estimate of drug-likeness (QED) is 0.225. The molecule has 10 nitrogen and oxygen atoms in total. The van der Waals surface area contributed by atoms with E-state index in [1.165, 1.54) is 18.2 Å². The van der Waals surface area contributed by atoms with Crippen LogP contribution in [0.25, 0.3) is 0 Å². The third kappa shape index (κ3) is 6.44. The molecule has 3 heterocycles. The molecular weight excluding hydrogens is 647 g/mol. The first-order valence-electron chi connectivity index (χ1n) is 16.7. The molecule has 2 aliphatic heterocycles. The van der Waals surface area contributed by atoms with Gasteiger partial charge in [0.25, 0.3) is 5.91 Å². The van der Waals surface area contributed by atoms with E-state index in [9.17, 15) is 22.8 Å². The molecule has 0 saturated carbocycles. The molecular formula is C37H38F3N7O3. The number of benzene rings is 3. The number of nitrogens with zero attached hydrogens (tertiary/aromatic N) is 5. The molecule has 1 spiro atoms. The number of halogens is 3. The minimum atomic E-state index is -0.984. The van der Waals surface area contributed by atoms with Crippen molar-refractivity contribution in [2.24, 2.45) is 0 Å². The van der Waals surface area contributed by atoms with Gasteiger partial charge in [-0.15, -0.1) is 10.2 Å². The Balaban J connectivity index is 1.07. The Morgan fingerprint density at radius 3 is 2.60 bits per heavy atom. The Bertz CT molecular complexity index is 1940. The van der Waals surface area contributed by atoms with Gasteiger partial charge in [-0.2, -0.15) is 5.21 Å². The molecule has 13 heteroatoms. The second-order valence-corrected chi connectivity index (χ2v) is 14.1. The van der Waals surface area contributed by atoms with Crippen LogP contribution in [0.1, 0.15) is 74.0 Å². The molecule has 50 heavy (non-hydrogen) atoms. The number of carbonyl (C=O) groups is 2. The number of rotatable bonds is 8. The molecule has 7 rings (SSSR count). The predicted molar refractivity (Wildman–Crippen MR) is 180 cm³/mol. The standard InChI is InChI=1S/C37H38F3N7O3/c1-4-34(49)47-21-36(2,3)50-32-19-25(7-10-31(32)47)46-13-11-37(12-14-46)20-23(26-8-6-24(38)18-27(26)37)17-33(48)41-30(35-42-44-45-43-35)16-22-5-9-28(39)29(40)15-22/h4-10,15,18-19,23,30H,1,11-14,16-17,20-21H2,2-3H3,(H,41,48)(H,42,43,44,45)/t23-,30-/m1/s1. The smallest absolute Gasteiger partial charge is 0.250 e. The van der Waals surface area contributed by atoms with Gasteiger partial charge in [0.2, 0.25) is 5.91 Å². The van der Waals surface area contributed by atoms with Gasteiger partial charge in [-0.3, -0.25) is 9.59 Å². The molecule has 1 aromatic heterocycles. The first kappa shape index (κ1) is 33.3. The van der Waals surface area contributed by atoms with E-state index in [-0.39, 0.29) is 47.6 Å². The van der Waals surface area contributed by atoms with Crippen LogP contribution in [0.4, 0.5) is 24.5 Å². The van der Waals surface area contributed by atoms with Crippen molar-refractivity contribution in [2.45, 2.75) is 68.9 Å². The van der Waals surface area contributed by atoms with Crippen molar-refractivity contribution in [3.05, 3.63) is 107 Å². The monoisotopic (exact) mass is 685 g/mol. The normalized spacial score (nSPS) is 19.3. The number of amides is 2. The predicted octanol–water partition coefficient (Wildman–Crippen LogP) is 5.82. The maximum Gasteiger partial charge on any atom is 0.250 e. The molecule has 0 radical (unpaired) electrons. The number of hydrogen-bond donors (Lipinski definition) is 2. The maximum atomic E-state index is 14.7. The highest BCUT2D eigenvalue weighted by atomic mass is 19.2. The average molecular weight is 686 g/mol. The minimum Gasteiger partial charge on any atom is -0.484 e. The van der Waals surface area contributed by atoms with E-state index < -0.39 is 23.3 Å². The molecule has 1 aliphatic carbocycles. The lowest BCUT2D eigenvalue weighted by molar-refractivity contribution is -0.122. The summed E-state index contributed by atoms with van der Waals surface area (Å²) in [7, 11) is 0. The molecule has 3 aliphatic rings. The van der Waals surface area contributed by atoms with Gasteiger partial charge in [-0.1, -0.05) is 23.9 Å². The fourth-order valence-electron chi connectivity index (χ4n) is 7.89. The van der Waals surface area contributed by atoms with E-state index in [1.54, 1.807) is 17.0 Å². The van der Waals surface area contributed by atoms with Crippen LogP contribution < -0.4 is 19.9 Å². The Hall–Kier alpha value is -5.20. The number of carbonyl (C=O) groups excluding carboxylic acids is 2. The summed E-state index contributed by atoms with van der Waals surface area (Å²) in [6, 6.07) is 13.6. The fraction of sp³-hybridized carbons (Fsp3) is 0.378. The maximum absolute atomic E-state index is 14.7. The summed E-state index contributed by atoms with van der Waals surface area (Å²) in [5.41, 5.74) is 3.17. The van der Waals surface area contributed by atoms with Gasteiger partial charge in [0.1, 0.15) is 17.2 Å². The number of hydrogen-bond acceptors (Lipinski definition) is 7. The molecule has 2 N–H and O–H groups in total. The molecule has 1 saturated heterocycles. The van der Waals surface area contributed by atoms with Crippen LogP contribution >= 0.6 is 0 Å². The number of nitrogens with one attached hydrogen (secondary N) is 2. The van der Waals surface area contributed by atoms with Crippen molar-refractivity contribution >= 4 is 23.2 Å². The molecule has 1 fully saturated rings. The van der Waals surface area contributed by atoms with E-state index in [4.69, 9.17) is 4.74 Å². The fourth-order valence-corrected chi connectivity index (χ4v) is 7.89. The summed E-state index contributed by atoms with van der Waals surface area (Å²) in [5, 5.41) is 17.0. The lowest BCUT2D eigenvalue weighted by atomic mass is 9.73. The van der Waals surface area contributed by atoms with Crippen molar-refractivity contribution < 1.29 is 27.5 Å². The van der Waals surface area contributed by atoms with Gasteiger partial charge in [0, 0.05) is 37.7 Å². The highest BCUT2D eigenvalue weighted by Gasteiger charge is 2.46. The largest absolute Gasteiger partial charge is 0.484 e. The lowest BCUT2D eigenvalue weighted by Crippen LogP contribution is -2.49. The molecule has 260 valence electrons. The van der Waals surface area contributed by atoms with E-state index in [0.717, 1.165) is 41.8 Å². The topological polar surface area (TPSA) is 116 Å². The van der Waals surface area contributed by atoms with Gasteiger partial charge in [0.15, 0.2) is 17.5 Å². The summed E-state index contributed by atoms with van der Waals surface area (Å²) in [4.78, 5) is 30.2. The molecule has 2 atom stereocenters. The molecule has 2 amide bonds. The van der Waals surface area contributed by atoms with Crippen LogP contribution in [0.2, 0.25) is 0 Å². The molecule has 3 aromatic carbocycles. The summed E-state index contributed by atoms with van der Waals surface area (Å²) >= 11 is 0. The van der Waals surface area contributed by atoms with Crippen LogP contribution in [-0.4, -0.2) is 57.7 Å². The lowest BCUT2D eigenvalue weighted by Gasteiger charge is -2.43. The van der Waals surface area contributed by atoms with Gasteiger partial charge in [-0.25, -0.2) is 13.2 Å². The first-order chi connectivity index (χ1) is 23.9. The van der Waals surface area contributed by atoms with Crippen molar-refractivity contribution in [1.82, 2.24) is 25.9 Å². The zero-order valence-electron chi connectivity index (χ0n) is 27.9. The summed E-state index contributed by atoms with van der Waals surface area (Å²) in [6.45, 7) is 9.38. The number of aromatic nitrogens is 4. The van der Waals surface area contributed by atoms with Gasteiger partial charge in [-0.05, 0) is 104 Å². The second-order valence-electron chi connectivity index (χ2n) is 14.1. The minimum absolute atomic E-state index is 0.128. The van der Waals surface area contributed by atoms with Crippen molar-refractivity contribution in [1.29, 1.82) is 0 Å². The zero-order valence-corrected chi connectivity index (χ0v) is 27.9. The third-order valence-corrected chi connectivity index (χ3v) is 10.2. The Morgan fingerprint density at radius 1 is 1.08 bits per heavy atom. The molecule has 0 unspecified atom stereocenters. The highest BCUT2D eigenvalue weighted by molar-refractivity contribution is 6.02. The number of H-pyrrole nitrogens is 1. The SMILES string of the molecule is C=CC(=O)N1CC(C)(C)Oc2cc(N3CCC4(CC3)C[C@@H](CC(=O)N[C@H](Cc3ccc(F)c(F)c3)c3nn[nH]n3)c3ccc(F)cc34)ccc21. The zero-order chi connectivity index (χ0) is 35.2. The van der Waals surface area contributed by atoms with Crippen LogP contribution in [0.5, 0.6) is 5.75 Å². The Kier molecular flexibility index (Phi) is 8.61. The second kappa shape index (κ2) is 12.9. The third-order valence-electron chi connectivity index (χ3n) is 10.2. The summed E-state index contributed by atoms with van der Waals surface area (Å²) < 4.78 is 48.6. The van der Waals surface area contributed by atoms with Crippen LogP contribution in [-0.2, 0) is 21.4 Å². The highest BCUT2D eigenvalue weighted by Crippen LogP contribution is 2.53. The Morgan fingerprint density at radius 2 is 1.88 bits per heavy atom. The number of anilines is 2. The van der Waals surface area contributed by atoms with Crippen molar-refractivity contribution in [3.8, 4) is 5.75 Å². The van der Waals surface area contributed by atoms with Crippen molar-refractivity contribution in [2.75, 3.05) is 29.4 Å². The van der Waals surface area contributed by atoms with E-state index >= 15 is 0 Å². The van der Waals surface area contributed by atoms with Crippen LogP contribution in [0, 0.1) is 17.5 Å². The van der Waals surface area contributed by atoms with Crippen molar-refractivity contribution in [3.63, 3.8) is 0 Å². The molecule has 0 bridgehead atoms. The average Bonchev–Trinajstić information content (AvgIpc) is 3.72. The van der Waals surface area contributed by atoms with Gasteiger partial charge in [0.05, 0.1) is 18.3 Å². The number of piperidine rings is 1. The number of ether oxygens (including phenoxy) is 1. The van der Waals surface area contributed by atoms with Crippen LogP contribution in [0.3, 0.4) is 0 Å². The van der Waals surface area contributed by atoms with E-state index in [0.29, 0.717) is 43.1 Å². The van der Waals surface area contributed by atoms with Crippen LogP contribution in [0.15, 0.2) is 67.3 Å². The van der Waals surface area contributed by atoms with Gasteiger partial charge >= 0.3 is 0 Å². The number of aromatic amines is 1. The first-order valence-corrected chi connectivity index (χ1v) is 16.7. The number of tetrazole rings is 1. The van der Waals surface area contributed by atoms with E-state index in [1.807, 2.05) is 32.0 Å². The Labute approximate surface area is 287 Å². The van der Waals surface area contributed by atoms with Gasteiger partial charge < -0.3 is 19.9 Å². The summed E-state index contributed by atoms with van der Waals surface area (Å²) in [5.74, 6) is -2.00.